The molecule has 4 heteroatoms. The highest BCUT2D eigenvalue weighted by molar-refractivity contribution is 5.35. The third-order valence-corrected chi connectivity index (χ3v) is 2.50. The fraction of sp³-hybridized carbons (Fsp3) is 0.250. The van der Waals surface area contributed by atoms with E-state index in [1.807, 2.05) is 25.1 Å². The summed E-state index contributed by atoms with van der Waals surface area (Å²) >= 11 is 0. The Labute approximate surface area is 94.1 Å². The van der Waals surface area contributed by atoms with E-state index in [4.69, 9.17) is 14.9 Å². The van der Waals surface area contributed by atoms with Crippen LogP contribution < -0.4 is 10.5 Å². The highest BCUT2D eigenvalue weighted by Crippen LogP contribution is 2.27. The Morgan fingerprint density at radius 3 is 2.88 bits per heavy atom. The maximum Gasteiger partial charge on any atom is 0.142 e. The number of methoxy groups -OCH3 is 1. The quantitative estimate of drug-likeness (QED) is 0.856. The number of furan rings is 1. The van der Waals surface area contributed by atoms with Crippen molar-refractivity contribution in [3.8, 4) is 5.75 Å². The summed E-state index contributed by atoms with van der Waals surface area (Å²) in [5.74, 6) is 1.39. The lowest BCUT2D eigenvalue weighted by Gasteiger charge is -2.12. The first kappa shape index (κ1) is 10.7. The molecule has 0 aliphatic rings. The van der Waals surface area contributed by atoms with Crippen molar-refractivity contribution < 1.29 is 9.15 Å². The average molecular weight is 218 g/mol. The minimum Gasteiger partial charge on any atom is -0.495 e. The maximum atomic E-state index is 6.10. The molecule has 2 rings (SSSR count). The molecule has 2 aromatic rings. The number of nitrogens with zero attached hydrogens (tertiary/aromatic N) is 1. The maximum absolute atomic E-state index is 6.10. The van der Waals surface area contributed by atoms with Gasteiger partial charge in [0.1, 0.15) is 23.2 Å². The zero-order valence-electron chi connectivity index (χ0n) is 9.31. The second-order valence-electron chi connectivity index (χ2n) is 3.54. The first-order valence-electron chi connectivity index (χ1n) is 5.02. The monoisotopic (exact) mass is 218 g/mol. The summed E-state index contributed by atoms with van der Waals surface area (Å²) in [6.45, 7) is 1.95. The van der Waals surface area contributed by atoms with Crippen LogP contribution in [0.5, 0.6) is 5.75 Å². The van der Waals surface area contributed by atoms with Gasteiger partial charge in [-0.15, -0.1) is 0 Å². The summed E-state index contributed by atoms with van der Waals surface area (Å²) < 4.78 is 10.6. The first-order valence-corrected chi connectivity index (χ1v) is 5.02. The fourth-order valence-corrected chi connectivity index (χ4v) is 1.64. The molecule has 0 aliphatic carbocycles. The molecule has 16 heavy (non-hydrogen) atoms. The van der Waals surface area contributed by atoms with Crippen LogP contribution >= 0.6 is 0 Å². The number of nitrogens with two attached hydrogens (primary N) is 1. The Hall–Kier alpha value is -1.81. The van der Waals surface area contributed by atoms with Crippen molar-refractivity contribution in [2.75, 3.05) is 7.11 Å². The van der Waals surface area contributed by atoms with E-state index < -0.39 is 6.04 Å². The van der Waals surface area contributed by atoms with Gasteiger partial charge in [0.25, 0.3) is 0 Å². The molecule has 0 spiro atoms. The number of hydrogen-bond donors (Lipinski definition) is 1. The van der Waals surface area contributed by atoms with Crippen LogP contribution in [0.15, 0.2) is 35.1 Å². The highest BCUT2D eigenvalue weighted by Gasteiger charge is 2.19. The van der Waals surface area contributed by atoms with E-state index in [1.54, 1.807) is 19.6 Å². The molecule has 0 saturated heterocycles. The van der Waals surface area contributed by atoms with Crippen molar-refractivity contribution in [3.63, 3.8) is 0 Å². The second-order valence-corrected chi connectivity index (χ2v) is 3.54. The first-order chi connectivity index (χ1) is 7.74. The van der Waals surface area contributed by atoms with Gasteiger partial charge in [0, 0.05) is 6.20 Å². The number of hydrogen-bond acceptors (Lipinski definition) is 4. The van der Waals surface area contributed by atoms with Gasteiger partial charge in [-0.2, -0.15) is 0 Å². The lowest BCUT2D eigenvalue weighted by atomic mass is 10.1. The molecule has 0 saturated carbocycles. The summed E-state index contributed by atoms with van der Waals surface area (Å²) in [6, 6.07) is 5.13. The Morgan fingerprint density at radius 2 is 2.25 bits per heavy atom. The summed E-state index contributed by atoms with van der Waals surface area (Å²) in [4.78, 5) is 4.24. The van der Waals surface area contributed by atoms with Crippen molar-refractivity contribution in [1.29, 1.82) is 0 Å². The molecule has 0 radical (unpaired) electrons. The second kappa shape index (κ2) is 4.37. The zero-order valence-corrected chi connectivity index (χ0v) is 9.31. The van der Waals surface area contributed by atoms with E-state index in [2.05, 4.69) is 4.98 Å². The largest absolute Gasteiger partial charge is 0.495 e. The van der Waals surface area contributed by atoms with Crippen molar-refractivity contribution in [3.05, 3.63) is 47.7 Å². The Kier molecular flexibility index (Phi) is 2.92. The Balaban J connectivity index is 2.41. The molecule has 0 bridgehead atoms. The molecular weight excluding hydrogens is 204 g/mol. The van der Waals surface area contributed by atoms with Crippen LogP contribution in [0, 0.1) is 6.92 Å². The zero-order chi connectivity index (χ0) is 11.5. The van der Waals surface area contributed by atoms with Gasteiger partial charge in [0.15, 0.2) is 0 Å². The molecule has 1 unspecified atom stereocenters. The van der Waals surface area contributed by atoms with Crippen LogP contribution in [0.1, 0.15) is 23.1 Å². The van der Waals surface area contributed by atoms with E-state index in [-0.39, 0.29) is 0 Å². The van der Waals surface area contributed by atoms with Gasteiger partial charge in [0.05, 0.1) is 13.4 Å². The summed E-state index contributed by atoms with van der Waals surface area (Å²) in [7, 11) is 1.60. The predicted octanol–water partition coefficient (Wildman–Crippen LogP) is 2.04. The summed E-state index contributed by atoms with van der Waals surface area (Å²) in [5, 5.41) is 0. The number of aryl methyl sites for hydroxylation is 1. The van der Waals surface area contributed by atoms with E-state index in [1.165, 1.54) is 0 Å². The third-order valence-electron chi connectivity index (χ3n) is 2.50. The number of rotatable bonds is 3. The number of pyridine rings is 1. The molecule has 2 N–H and O–H groups in total. The molecule has 0 aliphatic heterocycles. The van der Waals surface area contributed by atoms with Crippen LogP contribution in [0.3, 0.4) is 0 Å². The normalized spacial score (nSPS) is 12.4. The minimum atomic E-state index is -0.397. The Morgan fingerprint density at radius 1 is 1.44 bits per heavy atom. The molecule has 84 valence electrons. The highest BCUT2D eigenvalue weighted by atomic mass is 16.5. The lowest BCUT2D eigenvalue weighted by molar-refractivity contribution is 0.398. The van der Waals surface area contributed by atoms with Crippen molar-refractivity contribution in [2.24, 2.45) is 5.73 Å². The summed E-state index contributed by atoms with van der Waals surface area (Å²) in [5.41, 5.74) is 7.80. The van der Waals surface area contributed by atoms with E-state index in [9.17, 15) is 0 Å². The van der Waals surface area contributed by atoms with Crippen molar-refractivity contribution in [2.45, 2.75) is 13.0 Å². The van der Waals surface area contributed by atoms with Crippen LogP contribution in [-0.4, -0.2) is 12.1 Å². The molecule has 4 nitrogen and oxygen atoms in total. The smallest absolute Gasteiger partial charge is 0.142 e. The van der Waals surface area contributed by atoms with Gasteiger partial charge in [-0.25, -0.2) is 0 Å². The van der Waals surface area contributed by atoms with Crippen molar-refractivity contribution >= 4 is 0 Å². The third kappa shape index (κ3) is 1.79. The van der Waals surface area contributed by atoms with Crippen LogP contribution in [0.4, 0.5) is 0 Å². The molecule has 0 fully saturated rings. The molecule has 1 atom stereocenters. The van der Waals surface area contributed by atoms with Gasteiger partial charge >= 0.3 is 0 Å². The van der Waals surface area contributed by atoms with Crippen molar-refractivity contribution in [1.82, 2.24) is 4.98 Å². The average Bonchev–Trinajstić information content (AvgIpc) is 2.74. The summed E-state index contributed by atoms with van der Waals surface area (Å²) in [6.07, 6.45) is 3.32. The lowest BCUT2D eigenvalue weighted by Crippen LogP contribution is -2.14. The Bertz CT molecular complexity index is 479. The van der Waals surface area contributed by atoms with Crippen LogP contribution in [0.2, 0.25) is 0 Å². The molecule has 0 amide bonds. The fourth-order valence-electron chi connectivity index (χ4n) is 1.64. The topological polar surface area (TPSA) is 61.3 Å². The van der Waals surface area contributed by atoms with E-state index >= 15 is 0 Å². The SMILES string of the molecule is COc1cccnc1C(N)c1occc1C. The molecule has 2 aromatic heterocycles. The van der Waals surface area contributed by atoms with Gasteiger partial charge < -0.3 is 14.9 Å². The van der Waals surface area contributed by atoms with E-state index in [0.29, 0.717) is 11.4 Å². The van der Waals surface area contributed by atoms with Gasteiger partial charge in [0.2, 0.25) is 0 Å². The molecular formula is C12H14N2O2. The minimum absolute atomic E-state index is 0.397. The van der Waals surface area contributed by atoms with Crippen LogP contribution in [0.25, 0.3) is 0 Å². The molecule has 0 aromatic carbocycles. The predicted molar refractivity (Wildman–Crippen MR) is 60.3 cm³/mol. The van der Waals surface area contributed by atoms with Crippen LogP contribution in [-0.2, 0) is 0 Å². The van der Waals surface area contributed by atoms with E-state index in [0.717, 1.165) is 11.3 Å². The standard InChI is InChI=1S/C12H14N2O2/c1-8-5-7-16-12(8)10(13)11-9(15-2)4-3-6-14-11/h3-7,10H,13H2,1-2H3. The number of ether oxygens (including phenoxy) is 1. The number of aromatic nitrogens is 1. The van der Waals surface area contributed by atoms with Gasteiger partial charge in [-0.1, -0.05) is 0 Å². The van der Waals surface area contributed by atoms with Gasteiger partial charge in [-0.3, -0.25) is 4.98 Å². The van der Waals surface area contributed by atoms with Gasteiger partial charge in [-0.05, 0) is 30.7 Å². The molecule has 2 heterocycles.